The van der Waals surface area contributed by atoms with Crippen molar-refractivity contribution in [1.82, 2.24) is 4.98 Å². The first-order chi connectivity index (χ1) is 17.9. The summed E-state index contributed by atoms with van der Waals surface area (Å²) in [7, 11) is 6.08. The summed E-state index contributed by atoms with van der Waals surface area (Å²) in [6.07, 6.45) is 1.61. The average molecular weight is 507 g/mol. The Bertz CT molecular complexity index is 1290. The molecule has 196 valence electrons. The van der Waals surface area contributed by atoms with Crippen molar-refractivity contribution < 1.29 is 24.1 Å². The van der Waals surface area contributed by atoms with Crippen LogP contribution in [0.15, 0.2) is 70.7 Å². The number of aromatic amines is 1. The highest BCUT2D eigenvalue weighted by Gasteiger charge is 2.28. The number of hydrogen-bond acceptors (Lipinski definition) is 7. The fraction of sp³-hybridized carbons (Fsp3) is 0.310. The van der Waals surface area contributed by atoms with Gasteiger partial charge in [-0.1, -0.05) is 56.3 Å². The number of hydrogen-bond donors (Lipinski definition) is 2. The van der Waals surface area contributed by atoms with Crippen LogP contribution < -0.4 is 15.0 Å². The molecule has 3 rings (SSSR count). The van der Waals surface area contributed by atoms with Crippen LogP contribution in [-0.2, 0) is 15.9 Å². The molecule has 37 heavy (non-hydrogen) atoms. The van der Waals surface area contributed by atoms with Crippen molar-refractivity contribution in [3.63, 3.8) is 0 Å². The van der Waals surface area contributed by atoms with Gasteiger partial charge in [-0.25, -0.2) is 0 Å². The predicted octanol–water partition coefficient (Wildman–Crippen LogP) is 5.40. The topological polar surface area (TPSA) is 102 Å². The van der Waals surface area contributed by atoms with Gasteiger partial charge in [-0.05, 0) is 30.5 Å². The molecular weight excluding hydrogens is 472 g/mol. The number of unbranched alkanes of at least 4 members (excludes halogenated alkanes) is 1. The monoisotopic (exact) mass is 506 g/mol. The summed E-state index contributed by atoms with van der Waals surface area (Å²) in [4.78, 5) is 20.4. The lowest BCUT2D eigenvalue weighted by atomic mass is 9.95. The first-order valence-electron chi connectivity index (χ1n) is 12.0. The van der Waals surface area contributed by atoms with Gasteiger partial charge in [-0.15, -0.1) is 0 Å². The zero-order valence-electron chi connectivity index (χ0n) is 22.0. The highest BCUT2D eigenvalue weighted by molar-refractivity contribution is 6.00. The van der Waals surface area contributed by atoms with E-state index in [2.05, 4.69) is 23.5 Å². The van der Waals surface area contributed by atoms with E-state index in [-0.39, 0.29) is 23.0 Å². The van der Waals surface area contributed by atoms with Crippen LogP contribution in [0.2, 0.25) is 0 Å². The van der Waals surface area contributed by atoms with E-state index in [0.717, 1.165) is 18.4 Å². The molecule has 0 aliphatic carbocycles. The number of benzene rings is 2. The summed E-state index contributed by atoms with van der Waals surface area (Å²) in [6, 6.07) is 14.7. The minimum atomic E-state index is -0.614. The standard InChI is InChI=1S/C29H34N2O6/c1-7-8-15-20-23(24-21(34-4)16-12-17-22(24)35-5)26(32)25(28(33)31-20)29(30-3)37-18(2)27(36-6)19-13-10-9-11-14-19/h9-14,16-17,27H,2,7-8,15H2,1,3-6H3,(H2,31,32,33). The van der Waals surface area contributed by atoms with Gasteiger partial charge in [-0.3, -0.25) is 9.79 Å². The summed E-state index contributed by atoms with van der Waals surface area (Å²) in [6.45, 7) is 6.06. The Hall–Kier alpha value is -4.04. The Balaban J connectivity index is 2.18. The van der Waals surface area contributed by atoms with Crippen LogP contribution in [0, 0.1) is 0 Å². The molecule has 0 spiro atoms. The normalized spacial score (nSPS) is 12.2. The Labute approximate surface area is 217 Å². The molecule has 0 aliphatic rings. The van der Waals surface area contributed by atoms with E-state index >= 15 is 0 Å². The third-order valence-corrected chi connectivity index (χ3v) is 6.00. The van der Waals surface area contributed by atoms with Gasteiger partial charge in [0.05, 0.1) is 25.3 Å². The number of ether oxygens (including phenoxy) is 4. The maximum Gasteiger partial charge on any atom is 0.264 e. The summed E-state index contributed by atoms with van der Waals surface area (Å²) < 4.78 is 22.8. The molecule has 1 heterocycles. The van der Waals surface area contributed by atoms with Crippen LogP contribution in [0.3, 0.4) is 0 Å². The van der Waals surface area contributed by atoms with Crippen molar-refractivity contribution in [3.05, 3.63) is 88.0 Å². The van der Waals surface area contributed by atoms with Crippen LogP contribution >= 0.6 is 0 Å². The Morgan fingerprint density at radius 1 is 1.03 bits per heavy atom. The molecule has 1 unspecified atom stereocenters. The van der Waals surface area contributed by atoms with Crippen LogP contribution in [0.4, 0.5) is 0 Å². The number of nitrogens with one attached hydrogen (secondary N) is 1. The van der Waals surface area contributed by atoms with Crippen molar-refractivity contribution in [2.45, 2.75) is 32.3 Å². The molecule has 0 saturated carbocycles. The molecule has 0 amide bonds. The highest BCUT2D eigenvalue weighted by atomic mass is 16.5. The van der Waals surface area contributed by atoms with Crippen molar-refractivity contribution >= 4 is 5.90 Å². The second-order valence-electron chi connectivity index (χ2n) is 8.30. The lowest BCUT2D eigenvalue weighted by Gasteiger charge is -2.22. The molecule has 0 saturated heterocycles. The molecule has 1 aromatic heterocycles. The zero-order valence-corrected chi connectivity index (χ0v) is 22.0. The maximum absolute atomic E-state index is 13.3. The molecule has 0 bridgehead atoms. The van der Waals surface area contributed by atoms with Gasteiger partial charge in [0.1, 0.15) is 34.7 Å². The van der Waals surface area contributed by atoms with Crippen molar-refractivity contribution in [1.29, 1.82) is 0 Å². The molecule has 0 aliphatic heterocycles. The second-order valence-corrected chi connectivity index (χ2v) is 8.30. The fourth-order valence-corrected chi connectivity index (χ4v) is 4.21. The summed E-state index contributed by atoms with van der Waals surface area (Å²) in [5.74, 6) is 0.779. The van der Waals surface area contributed by atoms with Crippen LogP contribution in [0.25, 0.3) is 11.1 Å². The average Bonchev–Trinajstić information content (AvgIpc) is 2.91. The lowest BCUT2D eigenvalue weighted by molar-refractivity contribution is 0.0975. The van der Waals surface area contributed by atoms with Gasteiger partial charge < -0.3 is 29.0 Å². The summed E-state index contributed by atoms with van der Waals surface area (Å²) in [5.41, 5.74) is 1.61. The fourth-order valence-electron chi connectivity index (χ4n) is 4.21. The van der Waals surface area contributed by atoms with Crippen LogP contribution in [0.1, 0.15) is 42.7 Å². The van der Waals surface area contributed by atoms with E-state index in [0.29, 0.717) is 34.7 Å². The van der Waals surface area contributed by atoms with Gasteiger partial charge >= 0.3 is 0 Å². The largest absolute Gasteiger partial charge is 0.506 e. The minimum absolute atomic E-state index is 0.0983. The van der Waals surface area contributed by atoms with Gasteiger partial charge in [0.15, 0.2) is 0 Å². The van der Waals surface area contributed by atoms with Gasteiger partial charge in [0.25, 0.3) is 5.56 Å². The Kier molecular flexibility index (Phi) is 9.51. The van der Waals surface area contributed by atoms with Crippen LogP contribution in [0.5, 0.6) is 17.2 Å². The number of aromatic hydroxyl groups is 1. The van der Waals surface area contributed by atoms with E-state index in [4.69, 9.17) is 18.9 Å². The van der Waals surface area contributed by atoms with Crippen molar-refractivity contribution in [2.24, 2.45) is 4.99 Å². The minimum Gasteiger partial charge on any atom is -0.506 e. The summed E-state index contributed by atoms with van der Waals surface area (Å²) in [5, 5.41) is 11.6. The van der Waals surface area contributed by atoms with Crippen molar-refractivity contribution in [2.75, 3.05) is 28.4 Å². The van der Waals surface area contributed by atoms with E-state index in [1.807, 2.05) is 30.3 Å². The highest BCUT2D eigenvalue weighted by Crippen LogP contribution is 2.45. The first-order valence-corrected chi connectivity index (χ1v) is 12.0. The van der Waals surface area contributed by atoms with Crippen LogP contribution in [-0.4, -0.2) is 44.4 Å². The molecule has 3 aromatic rings. The predicted molar refractivity (Wildman–Crippen MR) is 145 cm³/mol. The molecule has 0 fully saturated rings. The maximum atomic E-state index is 13.3. The Morgan fingerprint density at radius 2 is 1.68 bits per heavy atom. The molecular formula is C29H34N2O6. The molecule has 2 N–H and O–H groups in total. The number of methoxy groups -OCH3 is 3. The number of pyridine rings is 1. The summed E-state index contributed by atoms with van der Waals surface area (Å²) >= 11 is 0. The number of nitrogens with zero attached hydrogens (tertiary/aromatic N) is 1. The molecule has 2 aromatic carbocycles. The molecule has 8 nitrogen and oxygen atoms in total. The van der Waals surface area contributed by atoms with Gasteiger partial charge in [0, 0.05) is 19.9 Å². The second kappa shape index (κ2) is 12.8. The quantitative estimate of drug-likeness (QED) is 0.205. The number of H-pyrrole nitrogens is 1. The number of aliphatic imine (C=N–C) groups is 1. The van der Waals surface area contributed by atoms with Gasteiger partial charge in [0.2, 0.25) is 5.90 Å². The smallest absolute Gasteiger partial charge is 0.264 e. The first kappa shape index (κ1) is 27.5. The van der Waals surface area contributed by atoms with Gasteiger partial charge in [-0.2, -0.15) is 0 Å². The molecule has 1 atom stereocenters. The number of rotatable bonds is 11. The molecule has 0 radical (unpaired) electrons. The third-order valence-electron chi connectivity index (χ3n) is 6.00. The number of aryl methyl sites for hydroxylation is 1. The van der Waals surface area contributed by atoms with E-state index in [1.54, 1.807) is 18.2 Å². The zero-order chi connectivity index (χ0) is 26.9. The van der Waals surface area contributed by atoms with E-state index in [9.17, 15) is 9.90 Å². The lowest BCUT2D eigenvalue weighted by Crippen LogP contribution is -2.24. The molecule has 8 heteroatoms. The third kappa shape index (κ3) is 5.86. The SMILES string of the molecule is C=C(OC(=NC)c1c(O)c(-c2c(OC)cccc2OC)c(CCCC)[nH]c1=O)C(OC)c1ccccc1. The van der Waals surface area contributed by atoms with E-state index in [1.165, 1.54) is 28.4 Å². The number of aromatic nitrogens is 1. The Morgan fingerprint density at radius 3 is 2.22 bits per heavy atom. The van der Waals surface area contributed by atoms with Crippen molar-refractivity contribution in [3.8, 4) is 28.4 Å². The van der Waals surface area contributed by atoms with E-state index < -0.39 is 11.7 Å².